The van der Waals surface area contributed by atoms with Crippen LogP contribution in [0.1, 0.15) is 12.5 Å². The van der Waals surface area contributed by atoms with E-state index in [0.29, 0.717) is 22.4 Å². The van der Waals surface area contributed by atoms with E-state index in [9.17, 15) is 14.0 Å². The molecule has 0 saturated carbocycles. The molecule has 24 heavy (non-hydrogen) atoms. The molecular formula is C17H17FN2O4. The molecule has 126 valence electrons. The van der Waals surface area contributed by atoms with E-state index in [1.165, 1.54) is 19.2 Å². The lowest BCUT2D eigenvalue weighted by Gasteiger charge is -2.10. The van der Waals surface area contributed by atoms with Crippen LogP contribution in [0.5, 0.6) is 5.75 Å². The van der Waals surface area contributed by atoms with Crippen molar-refractivity contribution in [1.29, 1.82) is 0 Å². The van der Waals surface area contributed by atoms with Crippen molar-refractivity contribution in [2.24, 2.45) is 0 Å². The second kappa shape index (κ2) is 8.05. The molecule has 0 spiro atoms. The smallest absolute Gasteiger partial charge is 0.396 e. The molecule has 0 aliphatic rings. The van der Waals surface area contributed by atoms with Gasteiger partial charge >= 0.3 is 11.9 Å². The summed E-state index contributed by atoms with van der Waals surface area (Å²) in [6, 6.07) is 5.97. The third-order valence-electron chi connectivity index (χ3n) is 3.18. The number of aromatic nitrogens is 1. The molecule has 0 unspecified atom stereocenters. The Balaban J connectivity index is 2.15. The van der Waals surface area contributed by atoms with Gasteiger partial charge in [-0.2, -0.15) is 0 Å². The van der Waals surface area contributed by atoms with Crippen LogP contribution in [0.25, 0.3) is 11.1 Å². The fraction of sp³-hybridized carbons (Fsp3) is 0.235. The summed E-state index contributed by atoms with van der Waals surface area (Å²) in [5.41, 5.74) is 2.05. The van der Waals surface area contributed by atoms with Crippen LogP contribution in [-0.2, 0) is 20.9 Å². The maximum absolute atomic E-state index is 13.3. The molecule has 2 aromatic rings. The Labute approximate surface area is 138 Å². The second-order valence-corrected chi connectivity index (χ2v) is 4.83. The van der Waals surface area contributed by atoms with Crippen LogP contribution >= 0.6 is 0 Å². The van der Waals surface area contributed by atoms with E-state index in [-0.39, 0.29) is 13.2 Å². The van der Waals surface area contributed by atoms with E-state index in [2.05, 4.69) is 15.0 Å². The van der Waals surface area contributed by atoms with Gasteiger partial charge in [0.05, 0.1) is 13.7 Å². The van der Waals surface area contributed by atoms with Crippen LogP contribution in [0.2, 0.25) is 0 Å². The van der Waals surface area contributed by atoms with Gasteiger partial charge in [0.2, 0.25) is 0 Å². The van der Waals surface area contributed by atoms with Crippen molar-refractivity contribution in [3.63, 3.8) is 0 Å². The number of rotatable bonds is 5. The molecule has 6 nitrogen and oxygen atoms in total. The maximum Gasteiger partial charge on any atom is 0.396 e. The molecule has 1 aromatic heterocycles. The molecule has 0 saturated heterocycles. The molecule has 1 amide bonds. The van der Waals surface area contributed by atoms with Crippen molar-refractivity contribution in [2.75, 3.05) is 13.7 Å². The van der Waals surface area contributed by atoms with Crippen molar-refractivity contribution < 1.29 is 23.5 Å². The Bertz CT molecular complexity index is 749. The lowest BCUT2D eigenvalue weighted by atomic mass is 10.0. The van der Waals surface area contributed by atoms with Crippen molar-refractivity contribution in [3.8, 4) is 16.9 Å². The number of esters is 1. The fourth-order valence-electron chi connectivity index (χ4n) is 2.09. The van der Waals surface area contributed by atoms with Crippen molar-refractivity contribution >= 4 is 11.9 Å². The van der Waals surface area contributed by atoms with Crippen LogP contribution in [0, 0.1) is 5.82 Å². The lowest BCUT2D eigenvalue weighted by molar-refractivity contribution is -0.154. The molecule has 1 heterocycles. The number of nitrogens with one attached hydrogen (secondary N) is 1. The minimum atomic E-state index is -0.929. The van der Waals surface area contributed by atoms with E-state index in [0.717, 1.165) is 0 Å². The van der Waals surface area contributed by atoms with Gasteiger partial charge in [-0.15, -0.1) is 0 Å². The third-order valence-corrected chi connectivity index (χ3v) is 3.18. The number of amides is 1. The number of methoxy groups -OCH3 is 1. The molecule has 0 radical (unpaired) electrons. The molecule has 0 aliphatic carbocycles. The minimum absolute atomic E-state index is 0.113. The maximum atomic E-state index is 13.3. The first-order chi connectivity index (χ1) is 11.5. The van der Waals surface area contributed by atoms with Crippen molar-refractivity contribution in [2.45, 2.75) is 13.5 Å². The molecule has 1 N–H and O–H groups in total. The van der Waals surface area contributed by atoms with Gasteiger partial charge in [-0.05, 0) is 30.7 Å². The summed E-state index contributed by atoms with van der Waals surface area (Å²) < 4.78 is 23.1. The number of carbonyl (C=O) groups is 2. The van der Waals surface area contributed by atoms with Crippen molar-refractivity contribution in [1.82, 2.24) is 10.3 Å². The standard InChI is InChI=1S/C17H17FN2O4/c1-3-24-17(22)16(21)20-9-11-6-12(10-19-8-11)14-5-4-13(18)7-15(14)23-2/h4-8,10H,3,9H2,1-2H3,(H,20,21). The Morgan fingerprint density at radius 2 is 2.04 bits per heavy atom. The summed E-state index contributed by atoms with van der Waals surface area (Å²) >= 11 is 0. The van der Waals surface area contributed by atoms with Gasteiger partial charge in [-0.25, -0.2) is 9.18 Å². The number of ether oxygens (including phenoxy) is 2. The zero-order chi connectivity index (χ0) is 17.5. The summed E-state index contributed by atoms with van der Waals surface area (Å²) in [5.74, 6) is -1.77. The molecule has 0 fully saturated rings. The summed E-state index contributed by atoms with van der Waals surface area (Å²) in [4.78, 5) is 26.9. The first kappa shape index (κ1) is 17.4. The molecular weight excluding hydrogens is 315 g/mol. The van der Waals surface area contributed by atoms with Crippen LogP contribution < -0.4 is 10.1 Å². The summed E-state index contributed by atoms with van der Waals surface area (Å²) in [6.07, 6.45) is 3.16. The molecule has 0 atom stereocenters. The van der Waals surface area contributed by atoms with Crippen LogP contribution in [0.15, 0.2) is 36.7 Å². The van der Waals surface area contributed by atoms with Crippen molar-refractivity contribution in [3.05, 3.63) is 48.0 Å². The average molecular weight is 332 g/mol. The van der Waals surface area contributed by atoms with E-state index < -0.39 is 17.7 Å². The highest BCUT2D eigenvalue weighted by Crippen LogP contribution is 2.30. The van der Waals surface area contributed by atoms with Gasteiger partial charge in [-0.1, -0.05) is 0 Å². The minimum Gasteiger partial charge on any atom is -0.496 e. The number of pyridine rings is 1. The monoisotopic (exact) mass is 332 g/mol. The largest absolute Gasteiger partial charge is 0.496 e. The quantitative estimate of drug-likeness (QED) is 0.670. The Kier molecular flexibility index (Phi) is 5.83. The molecule has 0 bridgehead atoms. The number of nitrogens with zero attached hydrogens (tertiary/aromatic N) is 1. The summed E-state index contributed by atoms with van der Waals surface area (Å²) in [7, 11) is 1.45. The van der Waals surface area contributed by atoms with Gasteiger partial charge in [0.15, 0.2) is 0 Å². The van der Waals surface area contributed by atoms with Crippen LogP contribution in [0.4, 0.5) is 4.39 Å². The predicted molar refractivity (Wildman–Crippen MR) is 84.7 cm³/mol. The van der Waals surface area contributed by atoms with Crippen LogP contribution in [-0.4, -0.2) is 30.6 Å². The van der Waals surface area contributed by atoms with Gasteiger partial charge in [0.25, 0.3) is 0 Å². The number of benzene rings is 1. The summed E-state index contributed by atoms with van der Waals surface area (Å²) in [5, 5.41) is 2.46. The molecule has 0 aliphatic heterocycles. The van der Waals surface area contributed by atoms with Gasteiger partial charge in [0, 0.05) is 36.1 Å². The highest BCUT2D eigenvalue weighted by Gasteiger charge is 2.14. The van der Waals surface area contributed by atoms with E-state index in [4.69, 9.17) is 4.74 Å². The normalized spacial score (nSPS) is 10.1. The van der Waals surface area contributed by atoms with Gasteiger partial charge in [-0.3, -0.25) is 9.78 Å². The highest BCUT2D eigenvalue weighted by molar-refractivity contribution is 6.32. The number of carbonyl (C=O) groups excluding carboxylic acids is 2. The average Bonchev–Trinajstić information content (AvgIpc) is 2.59. The number of halogens is 1. The highest BCUT2D eigenvalue weighted by atomic mass is 19.1. The Morgan fingerprint density at radius 1 is 1.25 bits per heavy atom. The first-order valence-corrected chi connectivity index (χ1v) is 7.28. The SMILES string of the molecule is CCOC(=O)C(=O)NCc1cncc(-c2ccc(F)cc2OC)c1. The predicted octanol–water partition coefficient (Wildman–Crippen LogP) is 2.08. The van der Waals surface area contributed by atoms with Gasteiger partial charge in [0.1, 0.15) is 11.6 Å². The molecule has 7 heteroatoms. The van der Waals surface area contributed by atoms with E-state index in [1.54, 1.807) is 31.5 Å². The summed E-state index contributed by atoms with van der Waals surface area (Å²) in [6.45, 7) is 1.87. The number of hydrogen-bond acceptors (Lipinski definition) is 5. The topological polar surface area (TPSA) is 77.5 Å². The second-order valence-electron chi connectivity index (χ2n) is 4.83. The third kappa shape index (κ3) is 4.28. The fourth-order valence-corrected chi connectivity index (χ4v) is 2.09. The van der Waals surface area contributed by atoms with E-state index in [1.807, 2.05) is 0 Å². The molecule has 2 rings (SSSR count). The number of hydrogen-bond donors (Lipinski definition) is 1. The van der Waals surface area contributed by atoms with Crippen LogP contribution in [0.3, 0.4) is 0 Å². The first-order valence-electron chi connectivity index (χ1n) is 7.28. The lowest BCUT2D eigenvalue weighted by Crippen LogP contribution is -2.32. The Morgan fingerprint density at radius 3 is 2.75 bits per heavy atom. The zero-order valence-corrected chi connectivity index (χ0v) is 13.3. The van der Waals surface area contributed by atoms with Gasteiger partial charge < -0.3 is 14.8 Å². The Hall–Kier alpha value is -2.96. The van der Waals surface area contributed by atoms with E-state index >= 15 is 0 Å². The molecule has 1 aromatic carbocycles. The zero-order valence-electron chi connectivity index (χ0n) is 13.3.